The van der Waals surface area contributed by atoms with Gasteiger partial charge < -0.3 is 30.2 Å². The predicted molar refractivity (Wildman–Crippen MR) is 139 cm³/mol. The molecule has 194 valence electrons. The molecule has 1 unspecified atom stereocenters. The van der Waals surface area contributed by atoms with Crippen LogP contribution < -0.4 is 20.7 Å². The van der Waals surface area contributed by atoms with Gasteiger partial charge in [-0.3, -0.25) is 4.79 Å². The third-order valence-electron chi connectivity index (χ3n) is 6.62. The molecule has 2 aromatic heterocycles. The Labute approximate surface area is 214 Å². The van der Waals surface area contributed by atoms with Crippen LogP contribution in [0.1, 0.15) is 12.8 Å². The molecule has 9 nitrogen and oxygen atoms in total. The van der Waals surface area contributed by atoms with E-state index in [2.05, 4.69) is 27.5 Å². The van der Waals surface area contributed by atoms with Crippen molar-refractivity contribution in [3.63, 3.8) is 0 Å². The van der Waals surface area contributed by atoms with Crippen molar-refractivity contribution in [1.82, 2.24) is 15.3 Å². The monoisotopic (exact) mass is 507 g/mol. The highest BCUT2D eigenvalue weighted by atomic mass is 19.1. The molecule has 4 heterocycles. The van der Waals surface area contributed by atoms with Crippen molar-refractivity contribution in [3.05, 3.63) is 55.0 Å². The zero-order valence-corrected chi connectivity index (χ0v) is 20.6. The third-order valence-corrected chi connectivity index (χ3v) is 6.62. The summed E-state index contributed by atoms with van der Waals surface area (Å²) in [4.78, 5) is 21.2. The van der Waals surface area contributed by atoms with Crippen molar-refractivity contribution in [2.75, 3.05) is 44.1 Å². The lowest BCUT2D eigenvalue weighted by Gasteiger charge is -2.21. The summed E-state index contributed by atoms with van der Waals surface area (Å²) >= 11 is 0. The molecule has 3 aromatic rings. The summed E-state index contributed by atoms with van der Waals surface area (Å²) in [7, 11) is 1.44. The molecule has 2 fully saturated rings. The minimum absolute atomic E-state index is 0.0957. The van der Waals surface area contributed by atoms with Gasteiger partial charge in [0.25, 0.3) is 0 Å². The number of benzene rings is 1. The summed E-state index contributed by atoms with van der Waals surface area (Å²) in [5, 5.41) is 11.3. The van der Waals surface area contributed by atoms with E-state index in [1.807, 2.05) is 12.1 Å². The molecule has 37 heavy (non-hydrogen) atoms. The molecular weight excluding hydrogens is 477 g/mol. The van der Waals surface area contributed by atoms with Gasteiger partial charge in [0.05, 0.1) is 44.2 Å². The van der Waals surface area contributed by atoms with Gasteiger partial charge in [-0.25, -0.2) is 14.4 Å². The van der Waals surface area contributed by atoms with Crippen LogP contribution in [0, 0.1) is 5.82 Å². The van der Waals surface area contributed by atoms with E-state index in [1.165, 1.54) is 13.2 Å². The number of carbonyl (C=O) groups excluding carboxylic acids is 1. The highest BCUT2D eigenvalue weighted by molar-refractivity contribution is 5.95. The number of nitrogens with one attached hydrogen (secondary N) is 3. The lowest BCUT2D eigenvalue weighted by molar-refractivity contribution is -0.117. The van der Waals surface area contributed by atoms with Gasteiger partial charge in [-0.15, -0.1) is 0 Å². The van der Waals surface area contributed by atoms with Gasteiger partial charge in [-0.1, -0.05) is 12.6 Å². The number of aromatic nitrogens is 2. The highest BCUT2D eigenvalue weighted by Crippen LogP contribution is 2.33. The molecule has 3 atom stereocenters. The van der Waals surface area contributed by atoms with E-state index in [4.69, 9.17) is 19.2 Å². The Morgan fingerprint density at radius 1 is 1.30 bits per heavy atom. The lowest BCUT2D eigenvalue weighted by atomic mass is 10.1. The number of amides is 1. The fraction of sp³-hybridized carbons (Fsp3) is 0.370. The van der Waals surface area contributed by atoms with Crippen molar-refractivity contribution in [2.24, 2.45) is 0 Å². The number of hydrogen-bond acceptors (Lipinski definition) is 8. The molecule has 2 aliphatic rings. The topological polar surface area (TPSA) is 107 Å². The Kier molecular flexibility index (Phi) is 7.47. The average Bonchev–Trinajstić information content (AvgIpc) is 3.59. The molecule has 0 radical (unpaired) electrons. The number of methoxy groups -OCH3 is 1. The molecule has 2 aliphatic heterocycles. The van der Waals surface area contributed by atoms with Crippen LogP contribution in [0.25, 0.3) is 22.0 Å². The van der Waals surface area contributed by atoms with Gasteiger partial charge in [0, 0.05) is 35.7 Å². The second-order valence-electron chi connectivity index (χ2n) is 9.09. The van der Waals surface area contributed by atoms with Gasteiger partial charge in [0.2, 0.25) is 5.91 Å². The minimum Gasteiger partial charge on any atom is -0.494 e. The number of hydrogen-bond donors (Lipinski definition) is 3. The number of carbonyl (C=O) groups is 1. The van der Waals surface area contributed by atoms with Crippen molar-refractivity contribution >= 4 is 28.3 Å². The summed E-state index contributed by atoms with van der Waals surface area (Å²) in [5.74, 6) is 0.652. The van der Waals surface area contributed by atoms with Gasteiger partial charge in [-0.2, -0.15) is 0 Å². The van der Waals surface area contributed by atoms with E-state index in [-0.39, 0.29) is 29.8 Å². The van der Waals surface area contributed by atoms with Gasteiger partial charge in [0.15, 0.2) is 11.6 Å². The molecule has 0 bridgehead atoms. The second kappa shape index (κ2) is 11.1. The van der Waals surface area contributed by atoms with E-state index >= 15 is 4.39 Å². The number of rotatable bonds is 9. The lowest BCUT2D eigenvalue weighted by Crippen LogP contribution is -2.45. The molecule has 3 N–H and O–H groups in total. The molecule has 2 saturated heterocycles. The third kappa shape index (κ3) is 5.50. The fourth-order valence-electron chi connectivity index (χ4n) is 4.65. The number of halogens is 1. The maximum absolute atomic E-state index is 15.1. The van der Waals surface area contributed by atoms with Crippen molar-refractivity contribution < 1.29 is 23.4 Å². The van der Waals surface area contributed by atoms with Crippen LogP contribution in [0.15, 0.2) is 49.2 Å². The van der Waals surface area contributed by atoms with E-state index in [1.54, 1.807) is 24.4 Å². The van der Waals surface area contributed by atoms with E-state index in [9.17, 15) is 4.79 Å². The molecule has 5 rings (SSSR count). The van der Waals surface area contributed by atoms with E-state index in [0.29, 0.717) is 42.7 Å². The Morgan fingerprint density at radius 3 is 2.95 bits per heavy atom. The Morgan fingerprint density at radius 2 is 2.16 bits per heavy atom. The first-order valence-corrected chi connectivity index (χ1v) is 12.3. The molecule has 1 amide bonds. The maximum atomic E-state index is 15.1. The van der Waals surface area contributed by atoms with Crippen LogP contribution in [0.2, 0.25) is 0 Å². The minimum atomic E-state index is -0.470. The van der Waals surface area contributed by atoms with Crippen molar-refractivity contribution in [2.45, 2.75) is 31.0 Å². The standard InChI is InChI=1S/C27H30FN5O4/c1-3-25(34)32-22-15-36-14-21(22)31-24-11-19-16(12-29-24)10-20(18-7-4-8-23(35-2)26(18)28)33-27(19)30-13-17-6-5-9-37-17/h3-4,7-8,10-12,17,21-22H,1,5-6,9,13-15H2,2H3,(H,29,31)(H,30,33)(H,32,34)/t17?,21-,22+/m1/s1. The first-order chi connectivity index (χ1) is 18.1. The molecule has 0 spiro atoms. The van der Waals surface area contributed by atoms with Crippen LogP contribution in [-0.4, -0.2) is 67.5 Å². The number of pyridine rings is 2. The van der Waals surface area contributed by atoms with Gasteiger partial charge >= 0.3 is 0 Å². The normalized spacial score (nSPS) is 21.1. The summed E-state index contributed by atoms with van der Waals surface area (Å²) in [5.41, 5.74) is 0.810. The zero-order valence-electron chi connectivity index (χ0n) is 20.6. The number of anilines is 2. The van der Waals surface area contributed by atoms with Crippen LogP contribution in [0.4, 0.5) is 16.0 Å². The van der Waals surface area contributed by atoms with Crippen LogP contribution in [0.3, 0.4) is 0 Å². The zero-order chi connectivity index (χ0) is 25.8. The summed E-state index contributed by atoms with van der Waals surface area (Å²) in [6.07, 6.45) is 5.07. The fourth-order valence-corrected chi connectivity index (χ4v) is 4.65. The Hall–Kier alpha value is -3.76. The van der Waals surface area contributed by atoms with Crippen LogP contribution >= 0.6 is 0 Å². The number of fused-ring (bicyclic) bond motifs is 1. The smallest absolute Gasteiger partial charge is 0.243 e. The predicted octanol–water partition coefficient (Wildman–Crippen LogP) is 3.52. The second-order valence-corrected chi connectivity index (χ2v) is 9.09. The molecular formula is C27H30FN5O4. The molecule has 1 aromatic carbocycles. The van der Waals surface area contributed by atoms with Gasteiger partial charge in [0.1, 0.15) is 11.6 Å². The van der Waals surface area contributed by atoms with E-state index < -0.39 is 5.82 Å². The van der Waals surface area contributed by atoms with Gasteiger partial charge in [-0.05, 0) is 43.2 Å². The number of nitrogens with zero attached hydrogens (tertiary/aromatic N) is 2. The molecule has 0 aliphatic carbocycles. The number of ether oxygens (including phenoxy) is 3. The quantitative estimate of drug-likeness (QED) is 0.378. The van der Waals surface area contributed by atoms with E-state index in [0.717, 1.165) is 30.2 Å². The van der Waals surface area contributed by atoms with Crippen molar-refractivity contribution in [3.8, 4) is 17.0 Å². The molecule has 0 saturated carbocycles. The maximum Gasteiger partial charge on any atom is 0.243 e. The first-order valence-electron chi connectivity index (χ1n) is 12.3. The SMILES string of the molecule is C=CC(=O)N[C@H]1COC[C@H]1Nc1cc2c(NCC3CCCO3)nc(-c3cccc(OC)c3F)cc2cn1. The van der Waals surface area contributed by atoms with Crippen LogP contribution in [-0.2, 0) is 14.3 Å². The summed E-state index contributed by atoms with van der Waals surface area (Å²) in [6, 6.07) is 8.33. The Balaban J connectivity index is 1.48. The largest absolute Gasteiger partial charge is 0.494 e. The first kappa shape index (κ1) is 24.9. The van der Waals surface area contributed by atoms with Crippen LogP contribution in [0.5, 0.6) is 5.75 Å². The molecule has 10 heteroatoms. The Bertz CT molecular complexity index is 1300. The highest BCUT2D eigenvalue weighted by Gasteiger charge is 2.29. The summed E-state index contributed by atoms with van der Waals surface area (Å²) < 4.78 is 31.6. The summed E-state index contributed by atoms with van der Waals surface area (Å²) in [6.45, 7) is 5.67. The van der Waals surface area contributed by atoms with Crippen molar-refractivity contribution in [1.29, 1.82) is 0 Å². The average molecular weight is 508 g/mol.